The van der Waals surface area contributed by atoms with Crippen molar-refractivity contribution < 1.29 is 4.79 Å². The van der Waals surface area contributed by atoms with Crippen molar-refractivity contribution in [2.75, 3.05) is 31.1 Å². The normalized spacial score (nSPS) is 24.3. The minimum absolute atomic E-state index is 0.0483. The summed E-state index contributed by atoms with van der Waals surface area (Å²) in [5, 5.41) is 4.35. The smallest absolute Gasteiger partial charge is 0.227 e. The second-order valence-electron chi connectivity index (χ2n) is 6.92. The summed E-state index contributed by atoms with van der Waals surface area (Å²) < 4.78 is 1.99. The summed E-state index contributed by atoms with van der Waals surface area (Å²) in [5.74, 6) is 1.20. The second kappa shape index (κ2) is 7.21. The Balaban J connectivity index is 1.41. The van der Waals surface area contributed by atoms with Gasteiger partial charge in [-0.05, 0) is 31.7 Å². The van der Waals surface area contributed by atoms with Gasteiger partial charge in [0.25, 0.3) is 0 Å². The van der Waals surface area contributed by atoms with Crippen molar-refractivity contribution in [2.24, 2.45) is 5.92 Å². The minimum atomic E-state index is 0.0483. The maximum Gasteiger partial charge on any atom is 0.227 e. The molecule has 132 valence electrons. The van der Waals surface area contributed by atoms with E-state index in [1.807, 2.05) is 21.8 Å². The number of amides is 1. The molecule has 2 atom stereocenters. The van der Waals surface area contributed by atoms with Crippen LogP contribution >= 0.6 is 0 Å². The molecule has 7 heteroatoms. The second-order valence-corrected chi connectivity index (χ2v) is 6.92. The third-order valence-corrected chi connectivity index (χ3v) is 5.25. The molecule has 2 aromatic heterocycles. The van der Waals surface area contributed by atoms with E-state index in [0.717, 1.165) is 57.7 Å². The van der Waals surface area contributed by atoms with Crippen LogP contribution in [-0.2, 0) is 4.79 Å². The van der Waals surface area contributed by atoms with Crippen LogP contribution < -0.4 is 4.90 Å². The molecule has 0 bridgehead atoms. The Kier molecular flexibility index (Phi) is 4.63. The van der Waals surface area contributed by atoms with Gasteiger partial charge in [0.2, 0.25) is 5.91 Å². The van der Waals surface area contributed by atoms with E-state index in [1.165, 1.54) is 0 Å². The number of carbonyl (C=O) groups is 1. The molecule has 0 saturated carbocycles. The van der Waals surface area contributed by atoms with Crippen molar-refractivity contribution in [3.8, 4) is 0 Å². The van der Waals surface area contributed by atoms with Crippen molar-refractivity contribution in [1.82, 2.24) is 24.6 Å². The van der Waals surface area contributed by atoms with Crippen molar-refractivity contribution in [3.63, 3.8) is 0 Å². The Hall–Kier alpha value is -2.44. The maximum absolute atomic E-state index is 13.1. The number of aromatic nitrogens is 4. The highest BCUT2D eigenvalue weighted by Gasteiger charge is 2.32. The molecule has 2 saturated heterocycles. The van der Waals surface area contributed by atoms with Gasteiger partial charge >= 0.3 is 0 Å². The average Bonchev–Trinajstić information content (AvgIpc) is 3.23. The topological polar surface area (TPSA) is 67.2 Å². The van der Waals surface area contributed by atoms with E-state index >= 15 is 0 Å². The summed E-state index contributed by atoms with van der Waals surface area (Å²) in [5.41, 5.74) is 0. The Morgan fingerprint density at radius 3 is 2.80 bits per heavy atom. The predicted octanol–water partition coefficient (Wildman–Crippen LogP) is 1.75. The van der Waals surface area contributed by atoms with Gasteiger partial charge in [-0.3, -0.25) is 14.5 Å². The van der Waals surface area contributed by atoms with Crippen LogP contribution in [0.1, 0.15) is 31.7 Å². The number of hydrogen-bond acceptors (Lipinski definition) is 5. The summed E-state index contributed by atoms with van der Waals surface area (Å²) in [6, 6.07) is 2.24. The van der Waals surface area contributed by atoms with E-state index in [2.05, 4.69) is 20.0 Å². The van der Waals surface area contributed by atoms with Gasteiger partial charge in [0.05, 0.1) is 18.2 Å². The van der Waals surface area contributed by atoms with E-state index < -0.39 is 0 Å². The quantitative estimate of drug-likeness (QED) is 0.852. The van der Waals surface area contributed by atoms with Crippen LogP contribution in [0.25, 0.3) is 0 Å². The molecule has 2 fully saturated rings. The van der Waals surface area contributed by atoms with Crippen molar-refractivity contribution in [3.05, 3.63) is 37.1 Å². The van der Waals surface area contributed by atoms with Crippen molar-refractivity contribution >= 4 is 11.7 Å². The highest BCUT2D eigenvalue weighted by molar-refractivity contribution is 5.80. The Labute approximate surface area is 147 Å². The largest absolute Gasteiger partial charge is 0.355 e. The van der Waals surface area contributed by atoms with Gasteiger partial charge in [-0.25, -0.2) is 4.98 Å². The molecule has 0 aromatic carbocycles. The van der Waals surface area contributed by atoms with E-state index in [4.69, 9.17) is 0 Å². The standard InChI is InChI=1S/C18H24N6O/c25-18(23-10-2-5-16(14-23)24-11-3-6-21-24)15-4-1-9-22(13-15)17-12-19-7-8-20-17/h3,6-8,11-12,15-16H,1-2,4-5,9-10,13-14H2/t15-,16-/m0/s1. The Bertz CT molecular complexity index is 689. The van der Waals surface area contributed by atoms with Gasteiger partial charge in [0, 0.05) is 51.0 Å². The molecular weight excluding hydrogens is 316 g/mol. The van der Waals surface area contributed by atoms with Gasteiger partial charge in [0.1, 0.15) is 5.82 Å². The molecule has 2 aliphatic heterocycles. The molecule has 1 amide bonds. The average molecular weight is 340 g/mol. The molecule has 4 rings (SSSR count). The lowest BCUT2D eigenvalue weighted by Crippen LogP contribution is -2.48. The molecular formula is C18H24N6O. The van der Waals surface area contributed by atoms with E-state index in [9.17, 15) is 4.79 Å². The number of hydrogen-bond donors (Lipinski definition) is 0. The first-order valence-corrected chi connectivity index (χ1v) is 9.10. The molecule has 4 heterocycles. The Morgan fingerprint density at radius 1 is 1.08 bits per heavy atom. The van der Waals surface area contributed by atoms with Crippen LogP contribution in [0.5, 0.6) is 0 Å². The van der Waals surface area contributed by atoms with Crippen molar-refractivity contribution in [1.29, 1.82) is 0 Å². The monoisotopic (exact) mass is 340 g/mol. The van der Waals surface area contributed by atoms with Crippen LogP contribution in [0, 0.1) is 5.92 Å². The number of nitrogens with zero attached hydrogens (tertiary/aromatic N) is 6. The number of rotatable bonds is 3. The lowest BCUT2D eigenvalue weighted by molar-refractivity contribution is -0.137. The molecule has 0 unspecified atom stereocenters. The summed E-state index contributed by atoms with van der Waals surface area (Å²) in [6.45, 7) is 3.30. The molecule has 0 spiro atoms. The number of anilines is 1. The predicted molar refractivity (Wildman–Crippen MR) is 94.0 cm³/mol. The molecule has 0 radical (unpaired) electrons. The number of likely N-dealkylation sites (tertiary alicyclic amines) is 1. The fourth-order valence-corrected chi connectivity index (χ4v) is 3.97. The molecule has 7 nitrogen and oxygen atoms in total. The minimum Gasteiger partial charge on any atom is -0.355 e. The Morgan fingerprint density at radius 2 is 2.00 bits per heavy atom. The number of carbonyl (C=O) groups excluding carboxylic acids is 1. The molecule has 2 aromatic rings. The van der Waals surface area contributed by atoms with Gasteiger partial charge in [-0.1, -0.05) is 0 Å². The summed E-state index contributed by atoms with van der Waals surface area (Å²) >= 11 is 0. The van der Waals surface area contributed by atoms with Gasteiger partial charge < -0.3 is 9.80 Å². The van der Waals surface area contributed by atoms with E-state index in [-0.39, 0.29) is 11.8 Å². The van der Waals surface area contributed by atoms with E-state index in [0.29, 0.717) is 6.04 Å². The molecule has 2 aliphatic rings. The zero-order valence-electron chi connectivity index (χ0n) is 14.4. The van der Waals surface area contributed by atoms with Crippen LogP contribution in [0.15, 0.2) is 37.1 Å². The summed E-state index contributed by atoms with van der Waals surface area (Å²) in [7, 11) is 0. The first kappa shape index (κ1) is 16.1. The highest BCUT2D eigenvalue weighted by atomic mass is 16.2. The lowest BCUT2D eigenvalue weighted by atomic mass is 9.95. The SMILES string of the molecule is O=C([C@H]1CCCN(c2cnccn2)C1)N1CCC[C@H](n2cccn2)C1. The molecule has 0 N–H and O–H groups in total. The first-order chi connectivity index (χ1) is 12.3. The number of piperidine rings is 2. The fourth-order valence-electron chi connectivity index (χ4n) is 3.97. The maximum atomic E-state index is 13.1. The zero-order valence-corrected chi connectivity index (χ0v) is 14.4. The zero-order chi connectivity index (χ0) is 17.1. The summed E-state index contributed by atoms with van der Waals surface area (Å²) in [6.07, 6.45) is 13.1. The van der Waals surface area contributed by atoms with Crippen LogP contribution in [0.2, 0.25) is 0 Å². The van der Waals surface area contributed by atoms with Gasteiger partial charge in [-0.15, -0.1) is 0 Å². The van der Waals surface area contributed by atoms with Gasteiger partial charge in [-0.2, -0.15) is 5.10 Å². The van der Waals surface area contributed by atoms with Crippen molar-refractivity contribution in [2.45, 2.75) is 31.7 Å². The van der Waals surface area contributed by atoms with Gasteiger partial charge in [0.15, 0.2) is 0 Å². The summed E-state index contributed by atoms with van der Waals surface area (Å²) in [4.78, 5) is 25.8. The fraction of sp³-hybridized carbons (Fsp3) is 0.556. The molecule has 25 heavy (non-hydrogen) atoms. The van der Waals surface area contributed by atoms with E-state index in [1.54, 1.807) is 24.8 Å². The van der Waals surface area contributed by atoms with Crippen LogP contribution in [-0.4, -0.2) is 56.7 Å². The third-order valence-electron chi connectivity index (χ3n) is 5.25. The lowest BCUT2D eigenvalue weighted by Gasteiger charge is -2.38. The highest BCUT2D eigenvalue weighted by Crippen LogP contribution is 2.26. The molecule has 0 aliphatic carbocycles. The van der Waals surface area contributed by atoms with Crippen LogP contribution in [0.3, 0.4) is 0 Å². The third kappa shape index (κ3) is 3.50. The van der Waals surface area contributed by atoms with Crippen LogP contribution in [0.4, 0.5) is 5.82 Å². The first-order valence-electron chi connectivity index (χ1n) is 9.10.